The number of amides is 1. The Hall–Kier alpha value is -3.20. The lowest BCUT2D eigenvalue weighted by atomic mass is 9.88. The molecule has 9 heteroatoms. The lowest BCUT2D eigenvalue weighted by molar-refractivity contribution is 0.0922. The first-order valence-electron chi connectivity index (χ1n) is 9.01. The zero-order chi connectivity index (χ0) is 19.3. The Morgan fingerprint density at radius 1 is 1.14 bits per heavy atom. The third-order valence-corrected chi connectivity index (χ3v) is 6.47. The molecule has 1 amide bonds. The maximum absolute atomic E-state index is 12.8. The molecular formula is C19H17N5O3S. The SMILES string of the molecule is O=C(N[C@@H]1CCCc2ccccc21)c1nc2n(n1)-c1ccccc1S(=O)(=O)N2. The molecule has 1 atom stereocenters. The molecule has 0 spiro atoms. The van der Waals surface area contributed by atoms with Gasteiger partial charge >= 0.3 is 0 Å². The number of para-hydroxylation sites is 1. The van der Waals surface area contributed by atoms with Crippen LogP contribution in [0.25, 0.3) is 5.69 Å². The molecule has 0 fully saturated rings. The van der Waals surface area contributed by atoms with Crippen LogP contribution < -0.4 is 10.0 Å². The van der Waals surface area contributed by atoms with Gasteiger partial charge in [0.1, 0.15) is 4.90 Å². The minimum Gasteiger partial charge on any atom is -0.342 e. The first kappa shape index (κ1) is 16.9. The average molecular weight is 395 g/mol. The number of sulfonamides is 1. The van der Waals surface area contributed by atoms with Gasteiger partial charge in [-0.3, -0.25) is 4.79 Å². The summed E-state index contributed by atoms with van der Waals surface area (Å²) >= 11 is 0. The standard InChI is InChI=1S/C19H17N5O3S/c25-18(20-14-9-5-7-12-6-1-2-8-13(12)14)17-21-19-23-28(26,27)16-11-4-3-10-15(16)24(19)22-17/h1-4,6,8,10-11,14H,5,7,9H2,(H,20,25)(H,21,22,23)/t14-/m1/s1. The van der Waals surface area contributed by atoms with Gasteiger partial charge in [0.15, 0.2) is 0 Å². The van der Waals surface area contributed by atoms with Crippen LogP contribution in [0.5, 0.6) is 0 Å². The van der Waals surface area contributed by atoms with Gasteiger partial charge in [-0.25, -0.2) is 13.1 Å². The van der Waals surface area contributed by atoms with Crippen LogP contribution in [0.2, 0.25) is 0 Å². The van der Waals surface area contributed by atoms with Crippen molar-refractivity contribution in [3.8, 4) is 5.69 Å². The molecule has 0 saturated carbocycles. The fraction of sp³-hybridized carbons (Fsp3) is 0.211. The number of anilines is 1. The number of benzene rings is 2. The summed E-state index contributed by atoms with van der Waals surface area (Å²) in [5, 5.41) is 7.24. The second-order valence-electron chi connectivity index (χ2n) is 6.86. The van der Waals surface area contributed by atoms with Crippen LogP contribution in [-0.2, 0) is 16.4 Å². The number of nitrogens with one attached hydrogen (secondary N) is 2. The van der Waals surface area contributed by atoms with Crippen LogP contribution >= 0.6 is 0 Å². The maximum atomic E-state index is 12.8. The third-order valence-electron chi connectivity index (χ3n) is 5.09. The number of hydrogen-bond donors (Lipinski definition) is 2. The van der Waals surface area contributed by atoms with Gasteiger partial charge in [-0.1, -0.05) is 36.4 Å². The number of hydrogen-bond acceptors (Lipinski definition) is 5. The Kier molecular flexibility index (Phi) is 3.73. The Morgan fingerprint density at radius 2 is 1.93 bits per heavy atom. The lowest BCUT2D eigenvalue weighted by Gasteiger charge is -2.25. The highest BCUT2D eigenvalue weighted by molar-refractivity contribution is 7.92. The summed E-state index contributed by atoms with van der Waals surface area (Å²) in [6, 6.07) is 14.4. The molecule has 1 aliphatic carbocycles. The summed E-state index contributed by atoms with van der Waals surface area (Å²) in [6.45, 7) is 0. The van der Waals surface area contributed by atoms with Crippen molar-refractivity contribution in [3.63, 3.8) is 0 Å². The van der Waals surface area contributed by atoms with E-state index < -0.39 is 15.9 Å². The topological polar surface area (TPSA) is 106 Å². The molecule has 8 nitrogen and oxygen atoms in total. The van der Waals surface area contributed by atoms with Gasteiger partial charge in [0.2, 0.25) is 11.8 Å². The molecule has 0 radical (unpaired) electrons. The summed E-state index contributed by atoms with van der Waals surface area (Å²) in [5.74, 6) is -0.495. The predicted octanol–water partition coefficient (Wildman–Crippen LogP) is 2.19. The summed E-state index contributed by atoms with van der Waals surface area (Å²) in [6.07, 6.45) is 2.83. The van der Waals surface area contributed by atoms with E-state index in [-0.39, 0.29) is 22.7 Å². The number of nitrogens with zero attached hydrogens (tertiary/aromatic N) is 3. The first-order valence-corrected chi connectivity index (χ1v) is 10.5. The molecule has 0 bridgehead atoms. The molecule has 28 heavy (non-hydrogen) atoms. The largest absolute Gasteiger partial charge is 0.342 e. The van der Waals surface area contributed by atoms with Crippen LogP contribution in [0.4, 0.5) is 5.95 Å². The Labute approximate surface area is 161 Å². The van der Waals surface area contributed by atoms with Crippen molar-refractivity contribution in [2.24, 2.45) is 0 Å². The quantitative estimate of drug-likeness (QED) is 0.692. The molecule has 1 aliphatic heterocycles. The fourth-order valence-electron chi connectivity index (χ4n) is 3.80. The number of carbonyl (C=O) groups is 1. The first-order chi connectivity index (χ1) is 13.5. The molecule has 0 unspecified atom stereocenters. The summed E-state index contributed by atoms with van der Waals surface area (Å²) in [4.78, 5) is 17.0. The molecule has 2 aliphatic rings. The zero-order valence-electron chi connectivity index (χ0n) is 14.8. The normalized spacial score (nSPS) is 18.9. The summed E-state index contributed by atoms with van der Waals surface area (Å²) in [7, 11) is -3.74. The van der Waals surface area contributed by atoms with E-state index in [9.17, 15) is 13.2 Å². The minimum absolute atomic E-state index is 0.00731. The smallest absolute Gasteiger partial charge is 0.291 e. The fourth-order valence-corrected chi connectivity index (χ4v) is 4.97. The molecule has 2 heterocycles. The number of aromatic nitrogens is 3. The van der Waals surface area contributed by atoms with Crippen LogP contribution in [-0.4, -0.2) is 29.1 Å². The lowest BCUT2D eigenvalue weighted by Crippen LogP contribution is -2.31. The van der Waals surface area contributed by atoms with Gasteiger partial charge in [-0.2, -0.15) is 9.67 Å². The average Bonchev–Trinajstić information content (AvgIpc) is 3.12. The zero-order valence-corrected chi connectivity index (χ0v) is 15.6. The molecular weight excluding hydrogens is 378 g/mol. The molecule has 2 N–H and O–H groups in total. The van der Waals surface area contributed by atoms with E-state index in [2.05, 4.69) is 26.2 Å². The maximum Gasteiger partial charge on any atom is 0.291 e. The Morgan fingerprint density at radius 3 is 2.82 bits per heavy atom. The predicted molar refractivity (Wildman–Crippen MR) is 102 cm³/mol. The van der Waals surface area contributed by atoms with E-state index in [0.717, 1.165) is 24.8 Å². The van der Waals surface area contributed by atoms with Gasteiger partial charge in [0.05, 0.1) is 11.7 Å². The van der Waals surface area contributed by atoms with Crippen molar-refractivity contribution >= 4 is 21.9 Å². The van der Waals surface area contributed by atoms with Crippen LogP contribution in [0.3, 0.4) is 0 Å². The second-order valence-corrected chi connectivity index (χ2v) is 8.51. The van der Waals surface area contributed by atoms with Gasteiger partial charge in [0, 0.05) is 0 Å². The van der Waals surface area contributed by atoms with E-state index in [0.29, 0.717) is 5.69 Å². The van der Waals surface area contributed by atoms with E-state index in [1.807, 2.05) is 18.2 Å². The highest BCUT2D eigenvalue weighted by Gasteiger charge is 2.31. The highest BCUT2D eigenvalue weighted by Crippen LogP contribution is 2.31. The number of fused-ring (bicyclic) bond motifs is 4. The second kappa shape index (κ2) is 6.16. The van der Waals surface area contributed by atoms with Gasteiger partial charge in [-0.15, -0.1) is 5.10 Å². The van der Waals surface area contributed by atoms with Gasteiger partial charge in [-0.05, 0) is 42.5 Å². The van der Waals surface area contributed by atoms with Crippen molar-refractivity contribution in [2.75, 3.05) is 4.72 Å². The monoisotopic (exact) mass is 395 g/mol. The van der Waals surface area contributed by atoms with E-state index >= 15 is 0 Å². The molecule has 2 aromatic carbocycles. The number of rotatable bonds is 2. The number of carbonyl (C=O) groups excluding carboxylic acids is 1. The molecule has 0 saturated heterocycles. The highest BCUT2D eigenvalue weighted by atomic mass is 32.2. The van der Waals surface area contributed by atoms with Crippen molar-refractivity contribution in [1.29, 1.82) is 0 Å². The molecule has 142 valence electrons. The van der Waals surface area contributed by atoms with E-state index in [4.69, 9.17) is 0 Å². The van der Waals surface area contributed by atoms with Crippen molar-refractivity contribution in [3.05, 3.63) is 65.5 Å². The summed E-state index contributed by atoms with van der Waals surface area (Å²) < 4.78 is 28.5. The van der Waals surface area contributed by atoms with Crippen molar-refractivity contribution in [2.45, 2.75) is 30.2 Å². The third kappa shape index (κ3) is 2.66. The van der Waals surface area contributed by atoms with Crippen LogP contribution in [0.1, 0.15) is 40.6 Å². The molecule has 1 aromatic heterocycles. The minimum atomic E-state index is -3.74. The Balaban J connectivity index is 1.47. The van der Waals surface area contributed by atoms with Crippen LogP contribution in [0, 0.1) is 0 Å². The number of aryl methyl sites for hydroxylation is 1. The van der Waals surface area contributed by atoms with Gasteiger partial charge < -0.3 is 5.32 Å². The van der Waals surface area contributed by atoms with Crippen LogP contribution in [0.15, 0.2) is 53.4 Å². The molecule has 5 rings (SSSR count). The summed E-state index contributed by atoms with van der Waals surface area (Å²) in [5.41, 5.74) is 2.71. The van der Waals surface area contributed by atoms with Gasteiger partial charge in [0.25, 0.3) is 15.9 Å². The Bertz CT molecular complexity index is 1200. The van der Waals surface area contributed by atoms with E-state index in [1.165, 1.54) is 16.3 Å². The van der Waals surface area contributed by atoms with E-state index in [1.54, 1.807) is 18.2 Å². The van der Waals surface area contributed by atoms with Crippen molar-refractivity contribution < 1.29 is 13.2 Å². The van der Waals surface area contributed by atoms with Crippen molar-refractivity contribution in [1.82, 2.24) is 20.1 Å². The molecule has 3 aromatic rings.